The normalized spacial score (nSPS) is 17.6. The summed E-state index contributed by atoms with van der Waals surface area (Å²) in [5.41, 5.74) is 1.15. The third-order valence-corrected chi connectivity index (χ3v) is 5.47. The summed E-state index contributed by atoms with van der Waals surface area (Å²) < 4.78 is 25.3. The SMILES string of the molecule is CCCS(=O)(=O)N1CC(N(C)Cc2cccnc2)C1. The van der Waals surface area contributed by atoms with E-state index in [4.69, 9.17) is 0 Å². The Bertz CT molecular complexity index is 498. The van der Waals surface area contributed by atoms with Crippen LogP contribution in [0.5, 0.6) is 0 Å². The van der Waals surface area contributed by atoms with Crippen LogP contribution < -0.4 is 0 Å². The molecule has 6 heteroatoms. The van der Waals surface area contributed by atoms with Gasteiger partial charge in [0, 0.05) is 38.1 Å². The van der Waals surface area contributed by atoms with E-state index < -0.39 is 10.0 Å². The number of likely N-dealkylation sites (N-methyl/N-ethyl adjacent to an activating group) is 1. The molecule has 0 amide bonds. The Morgan fingerprint density at radius 1 is 1.47 bits per heavy atom. The number of aromatic nitrogens is 1. The molecule has 1 aromatic heterocycles. The minimum absolute atomic E-state index is 0.256. The van der Waals surface area contributed by atoms with Crippen molar-refractivity contribution < 1.29 is 8.42 Å². The minimum atomic E-state index is -3.02. The lowest BCUT2D eigenvalue weighted by atomic mass is 10.1. The molecule has 106 valence electrons. The van der Waals surface area contributed by atoms with Gasteiger partial charge in [-0.1, -0.05) is 13.0 Å². The number of rotatable bonds is 6. The molecular formula is C13H21N3O2S. The summed E-state index contributed by atoms with van der Waals surface area (Å²) >= 11 is 0. The van der Waals surface area contributed by atoms with Gasteiger partial charge in [-0.2, -0.15) is 4.31 Å². The van der Waals surface area contributed by atoms with E-state index in [-0.39, 0.29) is 5.75 Å². The first-order valence-corrected chi connectivity index (χ1v) is 8.21. The summed E-state index contributed by atoms with van der Waals surface area (Å²) in [4.78, 5) is 6.28. The first-order valence-electron chi connectivity index (χ1n) is 6.60. The Morgan fingerprint density at radius 3 is 2.79 bits per heavy atom. The van der Waals surface area contributed by atoms with E-state index in [9.17, 15) is 8.42 Å². The molecule has 2 heterocycles. The number of nitrogens with zero attached hydrogens (tertiary/aromatic N) is 3. The number of pyridine rings is 1. The van der Waals surface area contributed by atoms with Gasteiger partial charge in [-0.15, -0.1) is 0 Å². The fourth-order valence-electron chi connectivity index (χ4n) is 2.22. The monoisotopic (exact) mass is 283 g/mol. The first kappa shape index (κ1) is 14.4. The molecule has 2 rings (SSSR count). The van der Waals surface area contributed by atoms with Crippen LogP contribution in [-0.4, -0.2) is 54.5 Å². The number of sulfonamides is 1. The van der Waals surface area contributed by atoms with Crippen LogP contribution in [0.15, 0.2) is 24.5 Å². The summed E-state index contributed by atoms with van der Waals surface area (Å²) in [6.07, 6.45) is 4.28. The second-order valence-electron chi connectivity index (χ2n) is 5.06. The van der Waals surface area contributed by atoms with Crippen LogP contribution in [0.25, 0.3) is 0 Å². The van der Waals surface area contributed by atoms with Crippen LogP contribution in [0.4, 0.5) is 0 Å². The van der Waals surface area contributed by atoms with Gasteiger partial charge in [0.05, 0.1) is 5.75 Å². The quantitative estimate of drug-likeness (QED) is 0.779. The second-order valence-corrected chi connectivity index (χ2v) is 7.15. The highest BCUT2D eigenvalue weighted by Gasteiger charge is 2.36. The van der Waals surface area contributed by atoms with Gasteiger partial charge >= 0.3 is 0 Å². The van der Waals surface area contributed by atoms with E-state index in [2.05, 4.69) is 9.88 Å². The first-order chi connectivity index (χ1) is 9.03. The van der Waals surface area contributed by atoms with E-state index in [1.54, 1.807) is 10.5 Å². The van der Waals surface area contributed by atoms with Crippen LogP contribution in [0.2, 0.25) is 0 Å². The maximum absolute atomic E-state index is 11.8. The molecule has 0 aromatic carbocycles. The molecule has 0 unspecified atom stereocenters. The van der Waals surface area contributed by atoms with Crippen molar-refractivity contribution >= 4 is 10.0 Å². The number of hydrogen-bond acceptors (Lipinski definition) is 4. The molecule has 1 aliphatic heterocycles. The van der Waals surface area contributed by atoms with Gasteiger partial charge in [0.2, 0.25) is 10.0 Å². The van der Waals surface area contributed by atoms with Gasteiger partial charge in [-0.3, -0.25) is 9.88 Å². The van der Waals surface area contributed by atoms with E-state index >= 15 is 0 Å². The van der Waals surface area contributed by atoms with Gasteiger partial charge in [0.25, 0.3) is 0 Å². The molecule has 0 aliphatic carbocycles. The molecule has 5 nitrogen and oxygen atoms in total. The Balaban J connectivity index is 1.84. The minimum Gasteiger partial charge on any atom is -0.296 e. The Morgan fingerprint density at radius 2 is 2.21 bits per heavy atom. The van der Waals surface area contributed by atoms with Gasteiger partial charge in [0.15, 0.2) is 0 Å². The Hall–Kier alpha value is -0.980. The Labute approximate surface area is 115 Å². The van der Waals surface area contributed by atoms with Crippen LogP contribution >= 0.6 is 0 Å². The summed E-state index contributed by atoms with van der Waals surface area (Å²) in [6, 6.07) is 4.27. The summed E-state index contributed by atoms with van der Waals surface area (Å²) in [7, 11) is -0.989. The van der Waals surface area contributed by atoms with Crippen molar-refractivity contribution in [2.75, 3.05) is 25.9 Å². The molecule has 19 heavy (non-hydrogen) atoms. The highest BCUT2D eigenvalue weighted by molar-refractivity contribution is 7.89. The average molecular weight is 283 g/mol. The van der Waals surface area contributed by atoms with E-state index in [0.717, 1.165) is 12.1 Å². The third kappa shape index (κ3) is 3.52. The third-order valence-electron chi connectivity index (χ3n) is 3.46. The molecule has 0 saturated carbocycles. The lowest BCUT2D eigenvalue weighted by Crippen LogP contribution is -2.60. The molecule has 0 radical (unpaired) electrons. The zero-order valence-corrected chi connectivity index (χ0v) is 12.3. The predicted molar refractivity (Wildman–Crippen MR) is 75.1 cm³/mol. The smallest absolute Gasteiger partial charge is 0.214 e. The highest BCUT2D eigenvalue weighted by Crippen LogP contribution is 2.20. The zero-order chi connectivity index (χ0) is 13.9. The van der Waals surface area contributed by atoms with E-state index in [0.29, 0.717) is 25.6 Å². The molecule has 0 bridgehead atoms. The molecule has 0 atom stereocenters. The summed E-state index contributed by atoms with van der Waals surface area (Å²) in [5.74, 6) is 0.256. The van der Waals surface area contributed by atoms with Crippen molar-refractivity contribution in [3.05, 3.63) is 30.1 Å². The van der Waals surface area contributed by atoms with Crippen LogP contribution in [0.1, 0.15) is 18.9 Å². The molecule has 1 aliphatic rings. The number of hydrogen-bond donors (Lipinski definition) is 0. The molecule has 1 fully saturated rings. The van der Waals surface area contributed by atoms with Crippen LogP contribution in [0, 0.1) is 0 Å². The highest BCUT2D eigenvalue weighted by atomic mass is 32.2. The molecule has 0 N–H and O–H groups in total. The van der Waals surface area contributed by atoms with Gasteiger partial charge < -0.3 is 0 Å². The Kier molecular flexibility index (Phi) is 4.54. The van der Waals surface area contributed by atoms with Gasteiger partial charge in [0.1, 0.15) is 0 Å². The average Bonchev–Trinajstić information content (AvgIpc) is 2.27. The van der Waals surface area contributed by atoms with Crippen LogP contribution in [-0.2, 0) is 16.6 Å². The lowest BCUT2D eigenvalue weighted by Gasteiger charge is -2.43. The zero-order valence-electron chi connectivity index (χ0n) is 11.5. The van der Waals surface area contributed by atoms with E-state index in [1.807, 2.05) is 32.3 Å². The molecule has 1 saturated heterocycles. The van der Waals surface area contributed by atoms with Crippen molar-refractivity contribution in [3.8, 4) is 0 Å². The van der Waals surface area contributed by atoms with E-state index in [1.165, 1.54) is 0 Å². The summed E-state index contributed by atoms with van der Waals surface area (Å²) in [5, 5.41) is 0. The molecule has 1 aromatic rings. The molecule has 0 spiro atoms. The lowest BCUT2D eigenvalue weighted by molar-refractivity contribution is 0.105. The largest absolute Gasteiger partial charge is 0.296 e. The van der Waals surface area contributed by atoms with Crippen molar-refractivity contribution in [3.63, 3.8) is 0 Å². The molecular weight excluding hydrogens is 262 g/mol. The van der Waals surface area contributed by atoms with Crippen LogP contribution in [0.3, 0.4) is 0 Å². The summed E-state index contributed by atoms with van der Waals surface area (Å²) in [6.45, 7) is 3.92. The maximum atomic E-state index is 11.8. The fourth-order valence-corrected chi connectivity index (χ4v) is 3.79. The van der Waals surface area contributed by atoms with Crippen molar-refractivity contribution in [2.24, 2.45) is 0 Å². The van der Waals surface area contributed by atoms with Crippen molar-refractivity contribution in [1.82, 2.24) is 14.2 Å². The predicted octanol–water partition coefficient (Wildman–Crippen LogP) is 0.937. The van der Waals surface area contributed by atoms with Gasteiger partial charge in [-0.25, -0.2) is 8.42 Å². The standard InChI is InChI=1S/C13H21N3O2S/c1-3-7-19(17,18)16-10-13(11-16)15(2)9-12-5-4-6-14-8-12/h4-6,8,13H,3,7,9-11H2,1-2H3. The maximum Gasteiger partial charge on any atom is 0.214 e. The topological polar surface area (TPSA) is 53.5 Å². The fraction of sp³-hybridized carbons (Fsp3) is 0.615. The van der Waals surface area contributed by atoms with Crippen molar-refractivity contribution in [1.29, 1.82) is 0 Å². The van der Waals surface area contributed by atoms with Gasteiger partial charge in [-0.05, 0) is 25.1 Å². The van der Waals surface area contributed by atoms with Crippen molar-refractivity contribution in [2.45, 2.75) is 25.9 Å². The second kappa shape index (κ2) is 5.98.